The number of carbonyl (C=O) groups excluding carboxylic acids is 1. The molecule has 132 valence electrons. The summed E-state index contributed by atoms with van der Waals surface area (Å²) in [5.41, 5.74) is 2.87. The molecule has 0 aliphatic rings. The summed E-state index contributed by atoms with van der Waals surface area (Å²) in [6.07, 6.45) is 1.50. The Kier molecular flexibility index (Phi) is 7.23. The van der Waals surface area contributed by atoms with E-state index in [1.807, 2.05) is 80.6 Å². The number of alkyl carbamates (subject to hydrolysis) is 1. The Bertz CT molecular complexity index is 683. The Labute approximate surface area is 149 Å². The molecule has 2 N–H and O–H groups in total. The zero-order chi connectivity index (χ0) is 18.1. The molecule has 0 aliphatic heterocycles. The van der Waals surface area contributed by atoms with E-state index >= 15 is 0 Å². The van der Waals surface area contributed by atoms with E-state index in [0.717, 1.165) is 16.7 Å². The second-order valence-corrected chi connectivity index (χ2v) is 6.12. The molecule has 0 aliphatic carbocycles. The number of rotatable bonds is 7. The lowest BCUT2D eigenvalue weighted by atomic mass is 9.97. The Morgan fingerprint density at radius 1 is 1.12 bits per heavy atom. The second kappa shape index (κ2) is 9.64. The van der Waals surface area contributed by atoms with Crippen LogP contribution in [-0.4, -0.2) is 17.8 Å². The fraction of sp³-hybridized carbons (Fsp3) is 0.286. The van der Waals surface area contributed by atoms with E-state index in [1.54, 1.807) is 0 Å². The van der Waals surface area contributed by atoms with Crippen molar-refractivity contribution in [2.24, 2.45) is 5.92 Å². The van der Waals surface area contributed by atoms with Crippen LogP contribution in [0.25, 0.3) is 0 Å². The lowest BCUT2D eigenvalue weighted by Crippen LogP contribution is -2.30. The minimum absolute atomic E-state index is 0.0216. The van der Waals surface area contributed by atoms with Crippen molar-refractivity contribution in [3.8, 4) is 0 Å². The van der Waals surface area contributed by atoms with Crippen LogP contribution in [0.15, 0.2) is 72.3 Å². The lowest BCUT2D eigenvalue weighted by molar-refractivity contribution is 0.137. The highest BCUT2D eigenvalue weighted by Gasteiger charge is 2.17. The van der Waals surface area contributed by atoms with Gasteiger partial charge in [0.25, 0.3) is 0 Å². The van der Waals surface area contributed by atoms with Gasteiger partial charge in [0, 0.05) is 6.61 Å². The summed E-state index contributed by atoms with van der Waals surface area (Å²) in [7, 11) is 0. The van der Waals surface area contributed by atoms with Crippen molar-refractivity contribution in [1.29, 1.82) is 0 Å². The third kappa shape index (κ3) is 6.08. The number of carbonyl (C=O) groups is 1. The van der Waals surface area contributed by atoms with E-state index in [1.165, 1.54) is 0 Å². The molecule has 25 heavy (non-hydrogen) atoms. The standard InChI is InChI=1S/C21H25NO3/c1-16(14-23)13-17(2)20(19-11-7-4-8-12-19)22-21(24)25-15-18-9-5-3-6-10-18/h3-13,16,20,23H,14-15H2,1-2H3,(H,22,24)/b17-13+/t16-,20?/m1/s1. The van der Waals surface area contributed by atoms with Crippen molar-refractivity contribution in [2.75, 3.05) is 6.61 Å². The van der Waals surface area contributed by atoms with Crippen molar-refractivity contribution >= 4 is 6.09 Å². The van der Waals surface area contributed by atoms with Crippen LogP contribution in [0.3, 0.4) is 0 Å². The topological polar surface area (TPSA) is 58.6 Å². The van der Waals surface area contributed by atoms with Gasteiger partial charge in [-0.15, -0.1) is 0 Å². The number of hydrogen-bond donors (Lipinski definition) is 2. The van der Waals surface area contributed by atoms with Gasteiger partial charge in [-0.3, -0.25) is 0 Å². The predicted molar refractivity (Wildman–Crippen MR) is 99.0 cm³/mol. The third-order valence-corrected chi connectivity index (χ3v) is 3.90. The Morgan fingerprint density at radius 2 is 1.72 bits per heavy atom. The van der Waals surface area contributed by atoms with Crippen molar-refractivity contribution in [2.45, 2.75) is 26.5 Å². The summed E-state index contributed by atoms with van der Waals surface area (Å²) in [5, 5.41) is 12.2. The smallest absolute Gasteiger partial charge is 0.408 e. The molecule has 0 bridgehead atoms. The molecule has 0 aromatic heterocycles. The van der Waals surface area contributed by atoms with Gasteiger partial charge < -0.3 is 15.2 Å². The van der Waals surface area contributed by atoms with E-state index in [9.17, 15) is 9.90 Å². The molecule has 0 heterocycles. The molecule has 4 nitrogen and oxygen atoms in total. The first-order chi connectivity index (χ1) is 12.1. The van der Waals surface area contributed by atoms with Crippen LogP contribution in [0.2, 0.25) is 0 Å². The van der Waals surface area contributed by atoms with Gasteiger partial charge in [0.2, 0.25) is 0 Å². The average molecular weight is 339 g/mol. The van der Waals surface area contributed by atoms with Crippen LogP contribution in [0.5, 0.6) is 0 Å². The molecule has 2 atom stereocenters. The first kappa shape index (κ1) is 18.7. The summed E-state index contributed by atoms with van der Waals surface area (Å²) in [5.74, 6) is 0.0216. The van der Waals surface area contributed by atoms with E-state index in [2.05, 4.69) is 5.32 Å². The normalized spacial score (nSPS) is 13.8. The zero-order valence-corrected chi connectivity index (χ0v) is 14.7. The SMILES string of the molecule is C/C(=C\[C@@H](C)CO)C(NC(=O)OCc1ccccc1)c1ccccc1. The molecule has 2 rings (SSSR count). The minimum atomic E-state index is -0.470. The van der Waals surface area contributed by atoms with Gasteiger partial charge >= 0.3 is 6.09 Å². The van der Waals surface area contributed by atoms with Crippen LogP contribution in [-0.2, 0) is 11.3 Å². The molecule has 2 aromatic carbocycles. The molecular formula is C21H25NO3. The van der Waals surface area contributed by atoms with Gasteiger partial charge in [-0.1, -0.05) is 79.2 Å². The molecule has 2 aromatic rings. The Morgan fingerprint density at radius 3 is 2.32 bits per heavy atom. The average Bonchev–Trinajstić information content (AvgIpc) is 2.65. The number of aliphatic hydroxyl groups excluding tert-OH is 1. The minimum Gasteiger partial charge on any atom is -0.445 e. The highest BCUT2D eigenvalue weighted by Crippen LogP contribution is 2.23. The second-order valence-electron chi connectivity index (χ2n) is 6.12. The van der Waals surface area contributed by atoms with Gasteiger partial charge in [-0.05, 0) is 24.0 Å². The van der Waals surface area contributed by atoms with Crippen molar-refractivity contribution in [3.63, 3.8) is 0 Å². The number of amides is 1. The number of nitrogens with one attached hydrogen (secondary N) is 1. The molecule has 0 fully saturated rings. The summed E-state index contributed by atoms with van der Waals surface area (Å²) in [4.78, 5) is 12.2. The zero-order valence-electron chi connectivity index (χ0n) is 14.7. The van der Waals surface area contributed by atoms with Crippen LogP contribution in [0, 0.1) is 5.92 Å². The maximum absolute atomic E-state index is 12.2. The first-order valence-corrected chi connectivity index (χ1v) is 8.41. The Balaban J connectivity index is 2.07. The quantitative estimate of drug-likeness (QED) is 0.742. The van der Waals surface area contributed by atoms with Gasteiger partial charge in [0.15, 0.2) is 0 Å². The summed E-state index contributed by atoms with van der Waals surface area (Å²) in [6.45, 7) is 4.17. The van der Waals surface area contributed by atoms with Crippen LogP contribution >= 0.6 is 0 Å². The highest BCUT2D eigenvalue weighted by molar-refractivity contribution is 5.68. The van der Waals surface area contributed by atoms with Crippen LogP contribution in [0.1, 0.15) is 31.0 Å². The van der Waals surface area contributed by atoms with Gasteiger partial charge in [0.1, 0.15) is 6.61 Å². The van der Waals surface area contributed by atoms with Crippen molar-refractivity contribution in [3.05, 3.63) is 83.4 Å². The van der Waals surface area contributed by atoms with E-state index in [4.69, 9.17) is 4.74 Å². The van der Waals surface area contributed by atoms with E-state index < -0.39 is 6.09 Å². The van der Waals surface area contributed by atoms with Crippen molar-refractivity contribution in [1.82, 2.24) is 5.32 Å². The van der Waals surface area contributed by atoms with Gasteiger partial charge in [-0.2, -0.15) is 0 Å². The summed E-state index contributed by atoms with van der Waals surface area (Å²) >= 11 is 0. The molecular weight excluding hydrogens is 314 g/mol. The first-order valence-electron chi connectivity index (χ1n) is 8.41. The van der Waals surface area contributed by atoms with Gasteiger partial charge in [-0.25, -0.2) is 4.79 Å². The van der Waals surface area contributed by atoms with Crippen LogP contribution < -0.4 is 5.32 Å². The number of ether oxygens (including phenoxy) is 1. The fourth-order valence-corrected chi connectivity index (χ4v) is 2.59. The maximum Gasteiger partial charge on any atom is 0.408 e. The van der Waals surface area contributed by atoms with Gasteiger partial charge in [0.05, 0.1) is 6.04 Å². The molecule has 0 saturated heterocycles. The number of hydrogen-bond acceptors (Lipinski definition) is 3. The predicted octanol–water partition coefficient (Wildman–Crippen LogP) is 4.23. The molecule has 0 saturated carbocycles. The molecule has 1 amide bonds. The lowest BCUT2D eigenvalue weighted by Gasteiger charge is -2.21. The molecule has 0 radical (unpaired) electrons. The Hall–Kier alpha value is -2.59. The highest BCUT2D eigenvalue weighted by atomic mass is 16.5. The summed E-state index contributed by atoms with van der Waals surface area (Å²) in [6, 6.07) is 19.0. The van der Waals surface area contributed by atoms with Crippen molar-refractivity contribution < 1.29 is 14.6 Å². The molecule has 1 unspecified atom stereocenters. The number of benzene rings is 2. The largest absolute Gasteiger partial charge is 0.445 e. The fourth-order valence-electron chi connectivity index (χ4n) is 2.59. The van der Waals surface area contributed by atoms with E-state index in [-0.39, 0.29) is 25.2 Å². The third-order valence-electron chi connectivity index (χ3n) is 3.90. The van der Waals surface area contributed by atoms with E-state index in [0.29, 0.717) is 0 Å². The number of aliphatic hydroxyl groups is 1. The monoisotopic (exact) mass is 339 g/mol. The summed E-state index contributed by atoms with van der Waals surface area (Å²) < 4.78 is 5.33. The maximum atomic E-state index is 12.2. The van der Waals surface area contributed by atoms with Crippen LogP contribution in [0.4, 0.5) is 4.79 Å². The molecule has 0 spiro atoms. The molecule has 4 heteroatoms.